The highest BCUT2D eigenvalue weighted by Crippen LogP contribution is 2.16. The Morgan fingerprint density at radius 2 is 2.05 bits per heavy atom. The summed E-state index contributed by atoms with van der Waals surface area (Å²) in [6, 6.07) is 3.84. The van der Waals surface area contributed by atoms with Crippen molar-refractivity contribution in [2.24, 2.45) is 5.73 Å². The molecule has 0 spiro atoms. The highest BCUT2D eigenvalue weighted by molar-refractivity contribution is 5.97. The number of amides is 2. The number of carbonyl (C=O) groups excluding carboxylic acids is 2. The van der Waals surface area contributed by atoms with Crippen LogP contribution in [0.4, 0.5) is 10.1 Å². The van der Waals surface area contributed by atoms with Gasteiger partial charge >= 0.3 is 0 Å². The summed E-state index contributed by atoms with van der Waals surface area (Å²) in [7, 11) is 4.52. The Hall–Kier alpha value is -1.70. The van der Waals surface area contributed by atoms with Crippen LogP contribution >= 0.6 is 12.4 Å². The molecule has 1 unspecified atom stereocenters. The van der Waals surface area contributed by atoms with Crippen molar-refractivity contribution in [3.8, 4) is 0 Å². The van der Waals surface area contributed by atoms with Gasteiger partial charge < -0.3 is 20.7 Å². The summed E-state index contributed by atoms with van der Waals surface area (Å²) in [6.45, 7) is 0.220. The molecule has 0 fully saturated rings. The molecule has 22 heavy (non-hydrogen) atoms. The van der Waals surface area contributed by atoms with Gasteiger partial charge in [-0.3, -0.25) is 9.59 Å². The van der Waals surface area contributed by atoms with Crippen LogP contribution in [0.25, 0.3) is 0 Å². The van der Waals surface area contributed by atoms with Gasteiger partial charge in [-0.1, -0.05) is 0 Å². The fourth-order valence-electron chi connectivity index (χ4n) is 1.69. The van der Waals surface area contributed by atoms with Crippen LogP contribution in [-0.2, 0) is 9.53 Å². The van der Waals surface area contributed by atoms with E-state index in [1.807, 2.05) is 0 Å². The van der Waals surface area contributed by atoms with Crippen LogP contribution < -0.4 is 11.1 Å². The number of halogens is 2. The zero-order valence-electron chi connectivity index (χ0n) is 12.8. The van der Waals surface area contributed by atoms with Gasteiger partial charge in [-0.25, -0.2) is 4.39 Å². The topological polar surface area (TPSA) is 84.7 Å². The van der Waals surface area contributed by atoms with Crippen molar-refractivity contribution in [3.05, 3.63) is 29.6 Å². The summed E-state index contributed by atoms with van der Waals surface area (Å²) in [6.07, 6.45) is -0.297. The summed E-state index contributed by atoms with van der Waals surface area (Å²) in [5.41, 5.74) is 5.69. The Kier molecular flexibility index (Phi) is 8.62. The average Bonchev–Trinajstić information content (AvgIpc) is 2.45. The molecule has 1 aromatic carbocycles. The van der Waals surface area contributed by atoms with E-state index in [2.05, 4.69) is 5.32 Å². The predicted octanol–water partition coefficient (Wildman–Crippen LogP) is 1.25. The van der Waals surface area contributed by atoms with Gasteiger partial charge in [0.15, 0.2) is 0 Å². The number of ether oxygens (including phenoxy) is 1. The Bertz CT molecular complexity index is 522. The van der Waals surface area contributed by atoms with Crippen molar-refractivity contribution in [3.63, 3.8) is 0 Å². The van der Waals surface area contributed by atoms with Crippen LogP contribution in [0, 0.1) is 5.82 Å². The van der Waals surface area contributed by atoms with E-state index in [0.717, 1.165) is 6.07 Å². The van der Waals surface area contributed by atoms with Crippen molar-refractivity contribution in [2.75, 3.05) is 33.1 Å². The van der Waals surface area contributed by atoms with E-state index in [1.54, 1.807) is 0 Å². The first kappa shape index (κ1) is 20.3. The molecule has 2 amide bonds. The third-order valence-corrected chi connectivity index (χ3v) is 2.90. The molecule has 6 nitrogen and oxygen atoms in total. The summed E-state index contributed by atoms with van der Waals surface area (Å²) >= 11 is 0. The Morgan fingerprint density at radius 1 is 1.41 bits per heavy atom. The molecule has 0 aliphatic heterocycles. The third kappa shape index (κ3) is 5.59. The molecule has 0 saturated carbocycles. The molecule has 0 aliphatic rings. The molecule has 124 valence electrons. The first-order chi connectivity index (χ1) is 9.88. The number of benzene rings is 1. The highest BCUT2D eigenvalue weighted by atomic mass is 35.5. The molecule has 1 aromatic rings. The average molecular weight is 334 g/mol. The maximum absolute atomic E-state index is 13.6. The number of hydrogen-bond donors (Lipinski definition) is 2. The first-order valence-corrected chi connectivity index (χ1v) is 6.43. The van der Waals surface area contributed by atoms with E-state index >= 15 is 0 Å². The highest BCUT2D eigenvalue weighted by Gasteiger charge is 2.16. The lowest BCUT2D eigenvalue weighted by atomic mass is 10.1. The van der Waals surface area contributed by atoms with E-state index in [9.17, 15) is 14.0 Å². The van der Waals surface area contributed by atoms with E-state index < -0.39 is 11.7 Å². The van der Waals surface area contributed by atoms with Gasteiger partial charge in [0.1, 0.15) is 5.82 Å². The first-order valence-electron chi connectivity index (χ1n) is 6.43. The number of carbonyl (C=O) groups is 2. The molecule has 1 atom stereocenters. The predicted molar refractivity (Wildman–Crippen MR) is 84.8 cm³/mol. The van der Waals surface area contributed by atoms with Crippen LogP contribution in [0.1, 0.15) is 16.8 Å². The molecular formula is C14H21ClFN3O3. The molecular weight excluding hydrogens is 313 g/mol. The van der Waals surface area contributed by atoms with Crippen molar-refractivity contribution < 1.29 is 18.7 Å². The van der Waals surface area contributed by atoms with Crippen LogP contribution in [0.3, 0.4) is 0 Å². The Morgan fingerprint density at radius 3 is 2.55 bits per heavy atom. The van der Waals surface area contributed by atoms with E-state index in [-0.39, 0.29) is 42.9 Å². The van der Waals surface area contributed by atoms with Gasteiger partial charge in [0.2, 0.25) is 5.91 Å². The summed E-state index contributed by atoms with van der Waals surface area (Å²) < 4.78 is 18.7. The van der Waals surface area contributed by atoms with Crippen molar-refractivity contribution in [1.82, 2.24) is 4.90 Å². The minimum absolute atomic E-state index is 0. The van der Waals surface area contributed by atoms with Crippen LogP contribution in [0.2, 0.25) is 0 Å². The smallest absolute Gasteiger partial charge is 0.256 e. The molecule has 1 rings (SSSR count). The number of anilines is 1. The van der Waals surface area contributed by atoms with Gasteiger partial charge in [-0.2, -0.15) is 0 Å². The van der Waals surface area contributed by atoms with Gasteiger partial charge in [-0.15, -0.1) is 12.4 Å². The van der Waals surface area contributed by atoms with Gasteiger partial charge in [-0.05, 0) is 18.2 Å². The zero-order valence-corrected chi connectivity index (χ0v) is 13.6. The number of nitrogens with zero attached hydrogens (tertiary/aromatic N) is 1. The quantitative estimate of drug-likeness (QED) is 0.820. The lowest BCUT2D eigenvalue weighted by Crippen LogP contribution is -2.28. The number of nitrogens with one attached hydrogen (secondary N) is 1. The minimum atomic E-state index is -0.636. The van der Waals surface area contributed by atoms with E-state index in [1.165, 1.54) is 38.2 Å². The van der Waals surface area contributed by atoms with Gasteiger partial charge in [0, 0.05) is 33.4 Å². The van der Waals surface area contributed by atoms with Crippen LogP contribution in [0.5, 0.6) is 0 Å². The molecule has 3 N–H and O–H groups in total. The summed E-state index contributed by atoms with van der Waals surface area (Å²) in [4.78, 5) is 24.9. The monoisotopic (exact) mass is 333 g/mol. The molecule has 0 aliphatic carbocycles. The normalized spacial score (nSPS) is 11.3. The molecule has 0 heterocycles. The number of hydrogen-bond acceptors (Lipinski definition) is 4. The van der Waals surface area contributed by atoms with Gasteiger partial charge in [0.05, 0.1) is 18.1 Å². The Labute approximate surface area is 135 Å². The standard InChI is InChI=1S/C14H20FN3O3.ClH/c1-18(2)14(20)11-6-9(4-5-12(11)15)17-13(19)7-10(8-16)21-3;/h4-6,10H,7-8,16H2,1-3H3,(H,17,19);1H. The van der Waals surface area contributed by atoms with Crippen LogP contribution in [0.15, 0.2) is 18.2 Å². The Balaban J connectivity index is 0.00000441. The summed E-state index contributed by atoms with van der Waals surface area (Å²) in [5.74, 6) is -1.43. The fourth-order valence-corrected chi connectivity index (χ4v) is 1.69. The number of rotatable bonds is 6. The SMILES string of the molecule is COC(CN)CC(=O)Nc1ccc(F)c(C(=O)N(C)C)c1.Cl. The lowest BCUT2D eigenvalue weighted by molar-refractivity contribution is -0.118. The maximum atomic E-state index is 13.6. The number of nitrogens with two attached hydrogens (primary N) is 1. The van der Waals surface area contributed by atoms with Gasteiger partial charge in [0.25, 0.3) is 5.91 Å². The third-order valence-electron chi connectivity index (χ3n) is 2.90. The molecule has 0 saturated heterocycles. The molecule has 0 radical (unpaired) electrons. The van der Waals surface area contributed by atoms with Crippen molar-refractivity contribution >= 4 is 29.9 Å². The maximum Gasteiger partial charge on any atom is 0.256 e. The second-order valence-electron chi connectivity index (χ2n) is 4.74. The number of methoxy groups -OCH3 is 1. The van der Waals surface area contributed by atoms with E-state index in [4.69, 9.17) is 10.5 Å². The lowest BCUT2D eigenvalue weighted by Gasteiger charge is -2.14. The fraction of sp³-hybridized carbons (Fsp3) is 0.429. The second kappa shape index (κ2) is 9.34. The zero-order chi connectivity index (χ0) is 16.0. The molecule has 0 aromatic heterocycles. The van der Waals surface area contributed by atoms with Crippen LogP contribution in [-0.4, -0.2) is 50.6 Å². The molecule has 0 bridgehead atoms. The second-order valence-corrected chi connectivity index (χ2v) is 4.74. The summed E-state index contributed by atoms with van der Waals surface area (Å²) in [5, 5.41) is 2.59. The van der Waals surface area contributed by atoms with Crippen molar-refractivity contribution in [1.29, 1.82) is 0 Å². The minimum Gasteiger partial charge on any atom is -0.380 e. The molecule has 8 heteroatoms. The van der Waals surface area contributed by atoms with E-state index in [0.29, 0.717) is 5.69 Å². The largest absolute Gasteiger partial charge is 0.380 e. The van der Waals surface area contributed by atoms with Crippen molar-refractivity contribution in [2.45, 2.75) is 12.5 Å².